The van der Waals surface area contributed by atoms with Crippen molar-refractivity contribution >= 4 is 0 Å². The van der Waals surface area contributed by atoms with Crippen molar-refractivity contribution in [1.82, 2.24) is 0 Å². The first-order valence-electron chi connectivity index (χ1n) is 4.98. The summed E-state index contributed by atoms with van der Waals surface area (Å²) < 4.78 is 11.0. The van der Waals surface area contributed by atoms with Crippen LogP contribution >= 0.6 is 0 Å². The molecule has 1 rings (SSSR count). The summed E-state index contributed by atoms with van der Waals surface area (Å²) in [6, 6.07) is 0. The minimum Gasteiger partial charge on any atom is -0.378 e. The van der Waals surface area contributed by atoms with E-state index < -0.39 is 0 Å². The van der Waals surface area contributed by atoms with E-state index in [0.29, 0.717) is 12.0 Å². The summed E-state index contributed by atoms with van der Waals surface area (Å²) in [5.41, 5.74) is 0. The smallest absolute Gasteiger partial charge is 0.0808 e. The molecule has 1 fully saturated rings. The van der Waals surface area contributed by atoms with Gasteiger partial charge in [0, 0.05) is 13.2 Å². The summed E-state index contributed by atoms with van der Waals surface area (Å²) in [4.78, 5) is 0. The molecule has 0 saturated carbocycles. The van der Waals surface area contributed by atoms with Gasteiger partial charge in [-0.3, -0.25) is 0 Å². The zero-order valence-electron chi connectivity index (χ0n) is 8.21. The summed E-state index contributed by atoms with van der Waals surface area (Å²) in [5, 5.41) is 0. The molecular formula is C10H20O2. The average molecular weight is 172 g/mol. The van der Waals surface area contributed by atoms with Gasteiger partial charge in [-0.15, -0.1) is 0 Å². The summed E-state index contributed by atoms with van der Waals surface area (Å²) >= 11 is 0. The van der Waals surface area contributed by atoms with Gasteiger partial charge < -0.3 is 9.47 Å². The Morgan fingerprint density at radius 1 is 1.42 bits per heavy atom. The van der Waals surface area contributed by atoms with E-state index in [-0.39, 0.29) is 0 Å². The van der Waals surface area contributed by atoms with E-state index in [0.717, 1.165) is 19.8 Å². The predicted octanol–water partition coefficient (Wildman–Crippen LogP) is 2.23. The van der Waals surface area contributed by atoms with Crippen LogP contribution in [0.25, 0.3) is 0 Å². The van der Waals surface area contributed by atoms with Gasteiger partial charge in [-0.2, -0.15) is 0 Å². The lowest BCUT2D eigenvalue weighted by Gasteiger charge is -2.22. The zero-order chi connectivity index (χ0) is 8.81. The van der Waals surface area contributed by atoms with E-state index in [4.69, 9.17) is 9.47 Å². The molecule has 1 heterocycles. The van der Waals surface area contributed by atoms with Crippen molar-refractivity contribution in [3.63, 3.8) is 0 Å². The molecule has 2 heteroatoms. The molecule has 0 amide bonds. The van der Waals surface area contributed by atoms with Crippen LogP contribution in [0.4, 0.5) is 0 Å². The number of hydrogen-bond acceptors (Lipinski definition) is 2. The van der Waals surface area contributed by atoms with Gasteiger partial charge in [-0.05, 0) is 25.2 Å². The second kappa shape index (κ2) is 5.55. The van der Waals surface area contributed by atoms with E-state index in [1.165, 1.54) is 19.3 Å². The Hall–Kier alpha value is -0.0800. The highest BCUT2D eigenvalue weighted by Gasteiger charge is 2.13. The Labute approximate surface area is 75.2 Å². The average Bonchev–Trinajstić information content (AvgIpc) is 2.05. The highest BCUT2D eigenvalue weighted by Crippen LogP contribution is 2.12. The van der Waals surface area contributed by atoms with Crippen LogP contribution in [-0.4, -0.2) is 25.9 Å². The lowest BCUT2D eigenvalue weighted by Crippen LogP contribution is -2.25. The second-order valence-electron chi connectivity index (χ2n) is 3.92. The number of rotatable bonds is 4. The van der Waals surface area contributed by atoms with E-state index in [1.807, 2.05) is 0 Å². The fourth-order valence-corrected chi connectivity index (χ4v) is 1.37. The topological polar surface area (TPSA) is 18.5 Å². The third kappa shape index (κ3) is 4.07. The summed E-state index contributed by atoms with van der Waals surface area (Å²) in [6.07, 6.45) is 4.08. The van der Waals surface area contributed by atoms with Gasteiger partial charge in [0.05, 0.1) is 12.7 Å². The molecule has 1 saturated heterocycles. The van der Waals surface area contributed by atoms with E-state index in [9.17, 15) is 0 Å². The lowest BCUT2D eigenvalue weighted by molar-refractivity contribution is -0.0449. The largest absolute Gasteiger partial charge is 0.378 e. The molecule has 2 nitrogen and oxygen atoms in total. The highest BCUT2D eigenvalue weighted by atomic mass is 16.5. The molecular weight excluding hydrogens is 152 g/mol. The van der Waals surface area contributed by atoms with Gasteiger partial charge in [0.25, 0.3) is 0 Å². The maximum absolute atomic E-state index is 5.53. The summed E-state index contributed by atoms with van der Waals surface area (Å²) in [7, 11) is 0. The van der Waals surface area contributed by atoms with Gasteiger partial charge >= 0.3 is 0 Å². The molecule has 1 atom stereocenters. The molecule has 0 aromatic carbocycles. The molecule has 0 aliphatic carbocycles. The first kappa shape index (κ1) is 10.0. The molecule has 0 aromatic heterocycles. The zero-order valence-corrected chi connectivity index (χ0v) is 8.21. The fourth-order valence-electron chi connectivity index (χ4n) is 1.37. The number of ether oxygens (including phenoxy) is 2. The van der Waals surface area contributed by atoms with Crippen LogP contribution in [0.3, 0.4) is 0 Å². The minimum absolute atomic E-state index is 0.373. The molecule has 1 unspecified atom stereocenters. The first-order valence-corrected chi connectivity index (χ1v) is 4.98. The number of hydrogen-bond donors (Lipinski definition) is 0. The van der Waals surface area contributed by atoms with E-state index in [1.54, 1.807) is 0 Å². The van der Waals surface area contributed by atoms with Crippen LogP contribution in [0.2, 0.25) is 0 Å². The Morgan fingerprint density at radius 3 is 2.83 bits per heavy atom. The Kier molecular flexibility index (Phi) is 4.62. The van der Waals surface area contributed by atoms with Crippen molar-refractivity contribution in [3.8, 4) is 0 Å². The Balaban J connectivity index is 1.98. The van der Waals surface area contributed by atoms with Gasteiger partial charge in [0.1, 0.15) is 0 Å². The quantitative estimate of drug-likeness (QED) is 0.647. The molecule has 0 spiro atoms. The highest BCUT2D eigenvalue weighted by molar-refractivity contribution is 4.62. The van der Waals surface area contributed by atoms with Crippen LogP contribution in [-0.2, 0) is 9.47 Å². The lowest BCUT2D eigenvalue weighted by atomic mass is 10.1. The standard InChI is InChI=1S/C10H20O2/c1-9(2)7-11-8-10-5-3-4-6-12-10/h9-10H,3-8H2,1-2H3. The summed E-state index contributed by atoms with van der Waals surface area (Å²) in [6.45, 7) is 6.91. The van der Waals surface area contributed by atoms with Crippen molar-refractivity contribution < 1.29 is 9.47 Å². The van der Waals surface area contributed by atoms with Gasteiger partial charge in [-0.25, -0.2) is 0 Å². The molecule has 12 heavy (non-hydrogen) atoms. The third-order valence-electron chi connectivity index (χ3n) is 2.03. The normalized spacial score (nSPS) is 24.8. The van der Waals surface area contributed by atoms with Crippen molar-refractivity contribution in [1.29, 1.82) is 0 Å². The molecule has 0 N–H and O–H groups in total. The van der Waals surface area contributed by atoms with Gasteiger partial charge in [-0.1, -0.05) is 13.8 Å². The van der Waals surface area contributed by atoms with Crippen molar-refractivity contribution in [2.24, 2.45) is 5.92 Å². The Morgan fingerprint density at radius 2 is 2.25 bits per heavy atom. The molecule has 0 bridgehead atoms. The molecule has 1 aliphatic rings. The molecule has 72 valence electrons. The van der Waals surface area contributed by atoms with Crippen LogP contribution in [0.5, 0.6) is 0 Å². The first-order chi connectivity index (χ1) is 5.79. The maximum atomic E-state index is 5.53. The van der Waals surface area contributed by atoms with Crippen LogP contribution in [0, 0.1) is 5.92 Å². The van der Waals surface area contributed by atoms with Crippen molar-refractivity contribution in [3.05, 3.63) is 0 Å². The van der Waals surface area contributed by atoms with Crippen LogP contribution in [0.1, 0.15) is 33.1 Å². The van der Waals surface area contributed by atoms with Gasteiger partial charge in [0.15, 0.2) is 0 Å². The fraction of sp³-hybridized carbons (Fsp3) is 1.00. The predicted molar refractivity (Wildman–Crippen MR) is 49.2 cm³/mol. The second-order valence-corrected chi connectivity index (χ2v) is 3.92. The van der Waals surface area contributed by atoms with E-state index in [2.05, 4.69) is 13.8 Å². The molecule has 0 radical (unpaired) electrons. The van der Waals surface area contributed by atoms with Crippen LogP contribution in [0.15, 0.2) is 0 Å². The SMILES string of the molecule is CC(C)COCC1CCCCO1. The van der Waals surface area contributed by atoms with E-state index >= 15 is 0 Å². The molecule has 1 aliphatic heterocycles. The third-order valence-corrected chi connectivity index (χ3v) is 2.03. The molecule has 0 aromatic rings. The monoisotopic (exact) mass is 172 g/mol. The van der Waals surface area contributed by atoms with Crippen molar-refractivity contribution in [2.45, 2.75) is 39.2 Å². The summed E-state index contributed by atoms with van der Waals surface area (Å²) in [5.74, 6) is 0.633. The Bertz CT molecular complexity index is 106. The van der Waals surface area contributed by atoms with Crippen molar-refractivity contribution in [2.75, 3.05) is 19.8 Å². The van der Waals surface area contributed by atoms with Crippen LogP contribution < -0.4 is 0 Å². The minimum atomic E-state index is 0.373. The van der Waals surface area contributed by atoms with Gasteiger partial charge in [0.2, 0.25) is 0 Å². The maximum Gasteiger partial charge on any atom is 0.0808 e.